The van der Waals surface area contributed by atoms with E-state index in [0.717, 1.165) is 44.0 Å². The summed E-state index contributed by atoms with van der Waals surface area (Å²) in [6, 6.07) is 6.23. The predicted molar refractivity (Wildman–Crippen MR) is 152 cm³/mol. The summed E-state index contributed by atoms with van der Waals surface area (Å²) >= 11 is 0. The number of unbranched alkanes of at least 4 members (excludes halogenated alkanes) is 3. The Morgan fingerprint density at radius 2 is 1.65 bits per heavy atom. The van der Waals surface area contributed by atoms with Crippen LogP contribution in [0.4, 0.5) is 10.5 Å². The number of ether oxygens (including phenoxy) is 1. The number of aldehydes is 1. The molecule has 0 radical (unpaired) electrons. The van der Waals surface area contributed by atoms with Crippen LogP contribution in [0.2, 0.25) is 0 Å². The Bertz CT molecular complexity index is 1000. The number of ketones is 2. The van der Waals surface area contributed by atoms with Gasteiger partial charge < -0.3 is 40.4 Å². The average molecular weight is 814 g/mol. The van der Waals surface area contributed by atoms with E-state index in [-0.39, 0.29) is 213 Å². The van der Waals surface area contributed by atoms with E-state index in [0.29, 0.717) is 51.1 Å². The molecule has 1 atom stereocenters. The summed E-state index contributed by atoms with van der Waals surface area (Å²) in [6.07, 6.45) is 7.04. The van der Waals surface area contributed by atoms with Crippen molar-refractivity contribution in [2.45, 2.75) is 70.6 Å². The van der Waals surface area contributed by atoms with Crippen LogP contribution in [0.1, 0.15) is 71.2 Å². The number of amides is 4. The minimum Gasteiger partial charge on any atom is -0.651 e. The number of nitrogens with zero attached hydrogens (tertiary/aromatic N) is 3. The third-order valence-corrected chi connectivity index (χ3v) is 6.32. The van der Waals surface area contributed by atoms with Crippen LogP contribution in [0, 0.1) is 5.92 Å². The summed E-state index contributed by atoms with van der Waals surface area (Å²) in [6.45, 7) is 1.53. The van der Waals surface area contributed by atoms with Gasteiger partial charge in [0.1, 0.15) is 17.9 Å². The number of hydrogen-bond acceptors (Lipinski definition) is 7. The van der Waals surface area contributed by atoms with E-state index in [4.69, 9.17) is 4.74 Å². The molecule has 0 saturated heterocycles. The molecule has 43 heavy (non-hydrogen) atoms. The molecule has 1 unspecified atom stereocenters. The molecule has 4 amide bonds. The third-order valence-electron chi connectivity index (χ3n) is 6.32. The summed E-state index contributed by atoms with van der Waals surface area (Å²) in [5.41, 5.74) is 1.12. The second kappa shape index (κ2) is 29.9. The van der Waals surface area contributed by atoms with E-state index >= 15 is 0 Å². The van der Waals surface area contributed by atoms with Crippen molar-refractivity contribution in [3.63, 3.8) is 0 Å². The van der Waals surface area contributed by atoms with Gasteiger partial charge in [0, 0.05) is 40.3 Å². The van der Waals surface area contributed by atoms with Crippen molar-refractivity contribution in [1.82, 2.24) is 5.32 Å². The van der Waals surface area contributed by atoms with Crippen LogP contribution < -0.4 is 180 Å². The van der Waals surface area contributed by atoms with Crippen molar-refractivity contribution >= 4 is 41.4 Å². The minimum absolute atomic E-state index is 0. The van der Waals surface area contributed by atoms with Crippen molar-refractivity contribution in [1.29, 1.82) is 0 Å². The fraction of sp³-hybridized carbons (Fsp3) is 0.586. The Hall–Kier alpha value is 1.82. The van der Waals surface area contributed by atoms with Crippen LogP contribution >= 0.6 is 0 Å². The van der Waals surface area contributed by atoms with Crippen LogP contribution in [0.15, 0.2) is 24.3 Å². The standard InChI is InChI=1S/C29H42N4O7.3Rb.H2/c34-17-6-2-1-5-14-31-29(39)32-15-7-18-40-19-16-30-27(37)21-28(38)33-23-12-10-22(11-13-23)20-26(36)24-8-3-4-9-25(24)35;;;;/h10-13,17,24H,1-9,14-16,18-21H2,(H4,30,31,32,33,37,38,39);;;;1H/q;3*+1;/p-3. The smallest absolute Gasteiger partial charge is 0.651 e. The zero-order chi connectivity index (χ0) is 29.0. The zero-order valence-corrected chi connectivity index (χ0v) is 40.7. The first-order chi connectivity index (χ1) is 19.4. The van der Waals surface area contributed by atoms with E-state index in [9.17, 15) is 28.8 Å². The van der Waals surface area contributed by atoms with Gasteiger partial charge in [0.2, 0.25) is 0 Å². The molecule has 1 N–H and O–H groups in total. The van der Waals surface area contributed by atoms with Gasteiger partial charge in [0.25, 0.3) is 0 Å². The molecule has 1 aromatic carbocycles. The molecule has 0 bridgehead atoms. The molecule has 11 nitrogen and oxygen atoms in total. The number of rotatable bonds is 19. The summed E-state index contributed by atoms with van der Waals surface area (Å²) in [7, 11) is 0. The molecule has 0 aliphatic heterocycles. The quantitative estimate of drug-likeness (QED) is 0.0843. The zero-order valence-electron chi connectivity index (χ0n) is 26.0. The normalized spacial score (nSPS) is 13.7. The Kier molecular flexibility index (Phi) is 32.7. The van der Waals surface area contributed by atoms with Gasteiger partial charge in [0.15, 0.2) is 6.03 Å². The molecule has 0 spiro atoms. The number of Topliss-reactive ketones (excluding diaryl/α,β-unsaturated/α-hetero) is 2. The Labute approximate surface area is 402 Å². The van der Waals surface area contributed by atoms with Crippen LogP contribution in [-0.4, -0.2) is 68.5 Å². The van der Waals surface area contributed by atoms with Crippen molar-refractivity contribution < 1.29 is 209 Å². The van der Waals surface area contributed by atoms with Gasteiger partial charge in [-0.3, -0.25) is 14.4 Å². The molecular weight excluding hydrogens is 773 g/mol. The maximum atomic E-state index is 12.4. The summed E-state index contributed by atoms with van der Waals surface area (Å²) in [4.78, 5) is 70.2. The number of nitrogens with one attached hydrogen (secondary N) is 1. The molecule has 1 aliphatic carbocycles. The predicted octanol–water partition coefficient (Wildman–Crippen LogP) is -4.11. The number of benzene rings is 1. The molecule has 14 heteroatoms. The molecule has 1 saturated carbocycles. The number of urea groups is 1. The van der Waals surface area contributed by atoms with Gasteiger partial charge in [-0.15, -0.1) is 12.2 Å². The molecule has 1 aromatic rings. The van der Waals surface area contributed by atoms with E-state index < -0.39 is 24.2 Å². The Morgan fingerprint density at radius 1 is 0.907 bits per heavy atom. The van der Waals surface area contributed by atoms with Gasteiger partial charge in [-0.25, -0.2) is 0 Å². The van der Waals surface area contributed by atoms with Gasteiger partial charge in [-0.05, 0) is 37.8 Å². The molecule has 2 rings (SSSR count). The second-order valence-corrected chi connectivity index (χ2v) is 9.63. The second-order valence-electron chi connectivity index (χ2n) is 9.63. The van der Waals surface area contributed by atoms with E-state index in [2.05, 4.69) is 21.3 Å². The van der Waals surface area contributed by atoms with Gasteiger partial charge in [0.05, 0.1) is 17.7 Å². The van der Waals surface area contributed by atoms with Crippen molar-refractivity contribution in [3.8, 4) is 0 Å². The van der Waals surface area contributed by atoms with Crippen molar-refractivity contribution in [2.24, 2.45) is 5.92 Å². The molecule has 0 aromatic heterocycles. The van der Waals surface area contributed by atoms with E-state index in [1.54, 1.807) is 24.3 Å². The number of carbonyl (C=O) groups is 6. The Balaban J connectivity index is -0.00000420. The fourth-order valence-electron chi connectivity index (χ4n) is 4.17. The number of hydrogen-bond donors (Lipinski definition) is 1. The minimum atomic E-state index is -0.618. The summed E-state index contributed by atoms with van der Waals surface area (Å²) < 4.78 is 5.37. The Morgan fingerprint density at radius 3 is 2.35 bits per heavy atom. The molecule has 1 fully saturated rings. The van der Waals surface area contributed by atoms with Crippen LogP contribution in [0.5, 0.6) is 0 Å². The van der Waals surface area contributed by atoms with Crippen LogP contribution in [0.25, 0.3) is 16.0 Å². The molecule has 0 heterocycles. The van der Waals surface area contributed by atoms with Crippen LogP contribution in [-0.2, 0) is 35.1 Å². The third kappa shape index (κ3) is 22.9. The van der Waals surface area contributed by atoms with Crippen LogP contribution in [0.3, 0.4) is 0 Å². The van der Waals surface area contributed by atoms with Gasteiger partial charge >= 0.3 is 175 Å². The molecule has 1 aliphatic rings. The van der Waals surface area contributed by atoms with Gasteiger partial charge in [-0.2, -0.15) is 0 Å². The first-order valence-electron chi connectivity index (χ1n) is 13.9. The maximum Gasteiger partial charge on any atom is 1.00 e. The molecular formula is C29H41N4O7Rb3. The van der Waals surface area contributed by atoms with E-state index in [1.807, 2.05) is 0 Å². The fourth-order valence-corrected chi connectivity index (χ4v) is 4.17. The maximum absolute atomic E-state index is 12.4. The summed E-state index contributed by atoms with van der Waals surface area (Å²) in [5.74, 6) is -1.76. The first-order valence-corrected chi connectivity index (χ1v) is 13.9. The van der Waals surface area contributed by atoms with Crippen molar-refractivity contribution in [3.05, 3.63) is 45.8 Å². The average Bonchev–Trinajstić information content (AvgIpc) is 2.93. The summed E-state index contributed by atoms with van der Waals surface area (Å²) in [5, 5.41) is 14.3. The molecule has 222 valence electrons. The van der Waals surface area contributed by atoms with Crippen molar-refractivity contribution in [2.75, 3.05) is 32.8 Å². The first kappa shape index (κ1) is 46.9. The topological polar surface area (TPSA) is 166 Å². The largest absolute Gasteiger partial charge is 1.00 e. The number of carbonyl (C=O) groups excluding carboxylic acids is 6. The SMILES string of the molecule is O=CCCCCCNC(=O)[N-]CCCOCC[N-]C(=O)CC(=O)[N-]c1ccc(CC(=O)C2CCCCC2=O)cc1.[HH].[Rb+].[Rb+].[Rb+]. The monoisotopic (exact) mass is 812 g/mol. The van der Waals surface area contributed by atoms with E-state index in [1.165, 1.54) is 0 Å². The van der Waals surface area contributed by atoms with Gasteiger partial charge in [-0.1, -0.05) is 50.1 Å².